The zero-order chi connectivity index (χ0) is 26.7. The molecule has 2 fully saturated rings. The molecule has 1 aliphatic carbocycles. The van der Waals surface area contributed by atoms with Crippen LogP contribution in [0.3, 0.4) is 0 Å². The van der Waals surface area contributed by atoms with Crippen LogP contribution in [0.4, 0.5) is 16.8 Å². The maximum absolute atomic E-state index is 13.6. The minimum absolute atomic E-state index is 0.114. The van der Waals surface area contributed by atoms with Crippen molar-refractivity contribution in [1.29, 1.82) is 0 Å². The highest BCUT2D eigenvalue weighted by atomic mass is 32.1. The van der Waals surface area contributed by atoms with Gasteiger partial charge < -0.3 is 10.2 Å². The van der Waals surface area contributed by atoms with E-state index < -0.39 is 0 Å². The third-order valence-corrected chi connectivity index (χ3v) is 9.80. The second-order valence-electron chi connectivity index (χ2n) is 10.5. The average Bonchev–Trinajstić information content (AvgIpc) is 3.24. The number of aromatic nitrogens is 3. The lowest BCUT2D eigenvalue weighted by atomic mass is 9.98. The van der Waals surface area contributed by atoms with Crippen LogP contribution >= 0.6 is 22.7 Å². The number of rotatable bonds is 7. The second kappa shape index (κ2) is 9.53. The Morgan fingerprint density at radius 2 is 2.03 bits per heavy atom. The number of aryl methyl sites for hydroxylation is 1. The Kier molecular flexibility index (Phi) is 5.97. The Morgan fingerprint density at radius 3 is 2.77 bits per heavy atom. The summed E-state index contributed by atoms with van der Waals surface area (Å²) in [4.78, 5) is 44.6. The molecule has 8 nitrogen and oxygen atoms in total. The van der Waals surface area contributed by atoms with Crippen LogP contribution in [0, 0.1) is 12.8 Å². The summed E-state index contributed by atoms with van der Waals surface area (Å²) < 4.78 is 0. The summed E-state index contributed by atoms with van der Waals surface area (Å²) in [5.74, 6) is 2.16. The van der Waals surface area contributed by atoms with E-state index in [1.807, 2.05) is 35.4 Å². The van der Waals surface area contributed by atoms with Gasteiger partial charge in [-0.2, -0.15) is 0 Å². The molecule has 2 amide bonds. The molecule has 1 saturated carbocycles. The fourth-order valence-electron chi connectivity index (χ4n) is 5.66. The largest absolute Gasteiger partial charge is 0.331 e. The van der Waals surface area contributed by atoms with E-state index >= 15 is 0 Å². The topological polar surface area (TPSA) is 91.3 Å². The number of nitrogens with zero attached hydrogens (tertiary/aromatic N) is 5. The summed E-state index contributed by atoms with van der Waals surface area (Å²) >= 11 is 3.12. The average molecular weight is 557 g/mol. The zero-order valence-corrected chi connectivity index (χ0v) is 23.4. The number of amides is 2. The first kappa shape index (κ1) is 24.4. The van der Waals surface area contributed by atoms with Gasteiger partial charge in [0.2, 0.25) is 5.91 Å². The second-order valence-corrected chi connectivity index (χ2v) is 12.4. The summed E-state index contributed by atoms with van der Waals surface area (Å²) in [7, 11) is 0. The normalized spacial score (nSPS) is 17.7. The number of anilines is 3. The molecule has 4 aromatic rings. The molecule has 0 spiro atoms. The molecule has 3 aromatic heterocycles. The highest BCUT2D eigenvalue weighted by Crippen LogP contribution is 2.44. The van der Waals surface area contributed by atoms with Crippen molar-refractivity contribution in [2.24, 2.45) is 5.92 Å². The van der Waals surface area contributed by atoms with Gasteiger partial charge in [-0.1, -0.05) is 17.4 Å². The first-order valence-corrected chi connectivity index (χ1v) is 15.1. The third-order valence-electron chi connectivity index (χ3n) is 7.87. The summed E-state index contributed by atoms with van der Waals surface area (Å²) in [6, 6.07) is 10.2. The number of hydrogen-bond donors (Lipinski definition) is 1. The van der Waals surface area contributed by atoms with Gasteiger partial charge in [-0.15, -0.1) is 11.3 Å². The monoisotopic (exact) mass is 556 g/mol. The van der Waals surface area contributed by atoms with Gasteiger partial charge in [-0.25, -0.2) is 15.0 Å². The van der Waals surface area contributed by atoms with Crippen molar-refractivity contribution in [3.05, 3.63) is 58.7 Å². The first-order valence-electron chi connectivity index (χ1n) is 13.4. The molecule has 0 bridgehead atoms. The van der Waals surface area contributed by atoms with E-state index in [0.29, 0.717) is 37.1 Å². The summed E-state index contributed by atoms with van der Waals surface area (Å²) in [5.41, 5.74) is 4.70. The highest BCUT2D eigenvalue weighted by molar-refractivity contribution is 7.19. The van der Waals surface area contributed by atoms with Crippen LogP contribution in [0.25, 0.3) is 21.0 Å². The van der Waals surface area contributed by atoms with Gasteiger partial charge in [0.05, 0.1) is 16.1 Å². The number of fused-ring (bicyclic) bond motifs is 1. The Labute approximate surface area is 234 Å². The van der Waals surface area contributed by atoms with Gasteiger partial charge in [0.25, 0.3) is 5.91 Å². The number of carbonyl (C=O) groups excluding carboxylic acids is 2. The van der Waals surface area contributed by atoms with Crippen molar-refractivity contribution >= 4 is 51.3 Å². The third kappa shape index (κ3) is 4.41. The fourth-order valence-corrected chi connectivity index (χ4v) is 7.28. The van der Waals surface area contributed by atoms with E-state index in [1.165, 1.54) is 12.8 Å². The highest BCUT2D eigenvalue weighted by Gasteiger charge is 2.40. The maximum atomic E-state index is 13.6. The van der Waals surface area contributed by atoms with Crippen molar-refractivity contribution in [3.63, 3.8) is 0 Å². The van der Waals surface area contributed by atoms with Crippen LogP contribution in [0.5, 0.6) is 0 Å². The van der Waals surface area contributed by atoms with Gasteiger partial charge >= 0.3 is 0 Å². The van der Waals surface area contributed by atoms with Crippen LogP contribution in [0.1, 0.15) is 54.2 Å². The predicted octanol–water partition coefficient (Wildman–Crippen LogP) is 6.26. The number of pyridine rings is 1. The van der Waals surface area contributed by atoms with E-state index in [-0.39, 0.29) is 17.9 Å². The molecule has 0 radical (unpaired) electrons. The first-order chi connectivity index (χ1) is 19.0. The Balaban J connectivity index is 1.22. The van der Waals surface area contributed by atoms with Crippen LogP contribution in [-0.4, -0.2) is 44.3 Å². The zero-order valence-electron chi connectivity index (χ0n) is 21.8. The van der Waals surface area contributed by atoms with E-state index in [9.17, 15) is 9.59 Å². The number of carbonyl (C=O) groups is 2. The number of thiazole rings is 2. The van der Waals surface area contributed by atoms with Crippen molar-refractivity contribution in [1.82, 2.24) is 19.9 Å². The molecule has 5 heterocycles. The molecule has 1 atom stereocenters. The van der Waals surface area contributed by atoms with Gasteiger partial charge in [0.15, 0.2) is 5.13 Å². The Hall–Kier alpha value is -3.63. The smallest absolute Gasteiger partial charge is 0.255 e. The van der Waals surface area contributed by atoms with Crippen LogP contribution in [0.15, 0.2) is 41.9 Å². The molecule has 2 aliphatic heterocycles. The summed E-state index contributed by atoms with van der Waals surface area (Å²) in [6.07, 6.45) is 5.63. The van der Waals surface area contributed by atoms with Gasteiger partial charge in [0, 0.05) is 42.7 Å². The Bertz CT molecular complexity index is 1590. The molecule has 39 heavy (non-hydrogen) atoms. The van der Waals surface area contributed by atoms with E-state index in [1.54, 1.807) is 33.8 Å². The fraction of sp³-hybridized carbons (Fsp3) is 0.345. The van der Waals surface area contributed by atoms with Crippen LogP contribution in [-0.2, 0) is 11.3 Å². The van der Waals surface area contributed by atoms with Crippen molar-refractivity contribution in [2.75, 3.05) is 16.8 Å². The molecule has 3 aliphatic rings. The molecule has 7 rings (SSSR count). The van der Waals surface area contributed by atoms with Crippen molar-refractivity contribution in [3.8, 4) is 21.0 Å². The molecule has 1 N–H and O–H groups in total. The lowest BCUT2D eigenvalue weighted by Gasteiger charge is -2.24. The standard InChI is InChI=1S/C29H28N6O2S2/c1-16-26(39-29(31-16)33-22-5-3-6-23(32-22)34-11-4-7-24(34)36)19-13-20-15-35(17(2)18-8-9-18)28(37)25(20)21(14-19)27-30-10-12-38-27/h3,5-6,10,12-14,17-18H,4,7-9,11,15H2,1-2H3,(H,31,32,33). The van der Waals surface area contributed by atoms with E-state index in [4.69, 9.17) is 4.98 Å². The lowest BCUT2D eigenvalue weighted by Crippen LogP contribution is -2.34. The van der Waals surface area contributed by atoms with Gasteiger partial charge in [-0.3, -0.25) is 14.5 Å². The van der Waals surface area contributed by atoms with E-state index in [0.717, 1.165) is 49.4 Å². The van der Waals surface area contributed by atoms with Gasteiger partial charge in [0.1, 0.15) is 16.6 Å². The number of hydrogen-bond acceptors (Lipinski definition) is 8. The molecule has 1 aromatic carbocycles. The molecular weight excluding hydrogens is 528 g/mol. The van der Waals surface area contributed by atoms with Crippen LogP contribution in [0.2, 0.25) is 0 Å². The SMILES string of the molecule is Cc1nc(Nc2cccc(N3CCCC3=O)n2)sc1-c1cc2c(c(-c3nccs3)c1)C(=O)N(C(C)C1CC1)C2. The summed E-state index contributed by atoms with van der Waals surface area (Å²) in [5, 5.41) is 6.89. The minimum Gasteiger partial charge on any atom is -0.331 e. The molecule has 1 unspecified atom stereocenters. The van der Waals surface area contributed by atoms with Crippen molar-refractivity contribution in [2.45, 2.75) is 52.1 Å². The van der Waals surface area contributed by atoms with Gasteiger partial charge in [-0.05, 0) is 74.4 Å². The Morgan fingerprint density at radius 1 is 1.15 bits per heavy atom. The van der Waals surface area contributed by atoms with Crippen LogP contribution < -0.4 is 10.2 Å². The summed E-state index contributed by atoms with van der Waals surface area (Å²) in [6.45, 7) is 5.52. The molecular formula is C29H28N6O2S2. The van der Waals surface area contributed by atoms with E-state index in [2.05, 4.69) is 34.3 Å². The minimum atomic E-state index is 0.114. The number of nitrogens with one attached hydrogen (secondary N) is 1. The molecule has 1 saturated heterocycles. The predicted molar refractivity (Wildman–Crippen MR) is 155 cm³/mol. The lowest BCUT2D eigenvalue weighted by molar-refractivity contribution is -0.117. The van der Waals surface area contributed by atoms with Crippen molar-refractivity contribution < 1.29 is 9.59 Å². The molecule has 10 heteroatoms. The quantitative estimate of drug-likeness (QED) is 0.289. The molecule has 198 valence electrons. The number of benzene rings is 1. The maximum Gasteiger partial charge on any atom is 0.255 e.